The van der Waals surface area contributed by atoms with Crippen molar-refractivity contribution in [3.8, 4) is 0 Å². The van der Waals surface area contributed by atoms with Crippen LogP contribution in [0.1, 0.15) is 30.4 Å². The van der Waals surface area contributed by atoms with Crippen molar-refractivity contribution >= 4 is 5.91 Å². The van der Waals surface area contributed by atoms with Gasteiger partial charge in [-0.15, -0.1) is 0 Å². The molecule has 126 valence electrons. The predicted octanol–water partition coefficient (Wildman–Crippen LogP) is 2.51. The minimum Gasteiger partial charge on any atom is -0.338 e. The highest BCUT2D eigenvalue weighted by Crippen LogP contribution is 2.25. The van der Waals surface area contributed by atoms with E-state index in [0.29, 0.717) is 31.8 Å². The molecule has 0 saturated carbocycles. The normalized spacial score (nSPS) is 19.7. The molecule has 1 saturated heterocycles. The number of carbonyl (C=O) groups is 1. The van der Waals surface area contributed by atoms with Gasteiger partial charge in [0.1, 0.15) is 0 Å². The van der Waals surface area contributed by atoms with Crippen LogP contribution < -0.4 is 0 Å². The molecular weight excluding hydrogens is 302 g/mol. The number of benzene rings is 1. The molecule has 3 rings (SSSR count). The highest BCUT2D eigenvalue weighted by Gasteiger charge is 2.26. The van der Waals surface area contributed by atoms with Gasteiger partial charge in [0.05, 0.1) is 7.11 Å². The number of hydroxylamine groups is 2. The number of carbonyl (C=O) groups excluding carboxylic acids is 1. The zero-order valence-corrected chi connectivity index (χ0v) is 13.4. The number of rotatable bonds is 3. The van der Waals surface area contributed by atoms with E-state index in [4.69, 9.17) is 4.84 Å². The van der Waals surface area contributed by atoms with Gasteiger partial charge in [0.15, 0.2) is 11.6 Å². The van der Waals surface area contributed by atoms with Crippen LogP contribution in [-0.2, 0) is 22.6 Å². The maximum atomic E-state index is 13.4. The number of fused-ring (bicyclic) bond motifs is 1. The smallest absolute Gasteiger partial charge is 0.223 e. The molecule has 1 fully saturated rings. The van der Waals surface area contributed by atoms with E-state index in [-0.39, 0.29) is 5.91 Å². The second kappa shape index (κ2) is 6.93. The Labute approximate surface area is 135 Å². The molecule has 2 aliphatic heterocycles. The largest absolute Gasteiger partial charge is 0.338 e. The Bertz CT molecular complexity index is 586. The molecule has 0 N–H and O–H groups in total. The van der Waals surface area contributed by atoms with Crippen molar-refractivity contribution in [3.05, 3.63) is 34.9 Å². The first-order valence-corrected chi connectivity index (χ1v) is 8.10. The number of piperidine rings is 1. The fourth-order valence-corrected chi connectivity index (χ4v) is 3.43. The molecule has 0 bridgehead atoms. The van der Waals surface area contributed by atoms with Gasteiger partial charge in [-0.05, 0) is 48.4 Å². The Balaban J connectivity index is 1.58. The zero-order chi connectivity index (χ0) is 16.4. The van der Waals surface area contributed by atoms with Crippen LogP contribution in [0.15, 0.2) is 12.1 Å². The average Bonchev–Trinajstić information content (AvgIpc) is 2.56. The first-order chi connectivity index (χ1) is 11.1. The predicted molar refractivity (Wildman–Crippen MR) is 81.4 cm³/mol. The molecule has 2 aliphatic rings. The summed E-state index contributed by atoms with van der Waals surface area (Å²) < 4.78 is 26.6. The fourth-order valence-electron chi connectivity index (χ4n) is 3.43. The van der Waals surface area contributed by atoms with Gasteiger partial charge in [0.25, 0.3) is 0 Å². The van der Waals surface area contributed by atoms with Crippen molar-refractivity contribution in [2.75, 3.05) is 26.7 Å². The molecule has 0 aliphatic carbocycles. The molecule has 0 radical (unpaired) electrons. The van der Waals surface area contributed by atoms with Gasteiger partial charge in [-0.25, -0.2) is 8.78 Å². The third kappa shape index (κ3) is 3.70. The summed E-state index contributed by atoms with van der Waals surface area (Å²) >= 11 is 0. The Morgan fingerprint density at radius 1 is 1.17 bits per heavy atom. The molecule has 1 amide bonds. The minimum atomic E-state index is -0.843. The van der Waals surface area contributed by atoms with Crippen LogP contribution in [0.2, 0.25) is 0 Å². The van der Waals surface area contributed by atoms with Gasteiger partial charge in [0.2, 0.25) is 5.91 Å². The summed E-state index contributed by atoms with van der Waals surface area (Å²) in [4.78, 5) is 19.5. The van der Waals surface area contributed by atoms with E-state index in [1.165, 1.54) is 12.1 Å². The SMILES string of the molecule is CON1CCC(CC(=O)N2CCc3cc(F)c(F)cc3C2)CC1. The summed E-state index contributed by atoms with van der Waals surface area (Å²) in [7, 11) is 1.67. The number of halogens is 2. The Hall–Kier alpha value is -1.53. The van der Waals surface area contributed by atoms with Gasteiger partial charge in [0, 0.05) is 32.6 Å². The highest BCUT2D eigenvalue weighted by atomic mass is 19.2. The number of hydrogen-bond donors (Lipinski definition) is 0. The molecule has 0 spiro atoms. The average molecular weight is 324 g/mol. The molecule has 0 aromatic heterocycles. The second-order valence-electron chi connectivity index (χ2n) is 6.36. The molecule has 1 aromatic carbocycles. The summed E-state index contributed by atoms with van der Waals surface area (Å²) in [6, 6.07) is 2.48. The van der Waals surface area contributed by atoms with E-state index >= 15 is 0 Å². The minimum absolute atomic E-state index is 0.108. The van der Waals surface area contributed by atoms with Crippen LogP contribution in [0.5, 0.6) is 0 Å². The number of nitrogens with zero attached hydrogens (tertiary/aromatic N) is 2. The lowest BCUT2D eigenvalue weighted by Crippen LogP contribution is -2.39. The van der Waals surface area contributed by atoms with Crippen LogP contribution in [0.3, 0.4) is 0 Å². The number of amides is 1. The maximum Gasteiger partial charge on any atom is 0.223 e. The Morgan fingerprint density at radius 2 is 1.83 bits per heavy atom. The summed E-state index contributed by atoms with van der Waals surface area (Å²) in [6.07, 6.45) is 3.00. The Kier molecular flexibility index (Phi) is 4.92. The van der Waals surface area contributed by atoms with Crippen molar-refractivity contribution in [2.45, 2.75) is 32.2 Å². The third-order valence-corrected chi connectivity index (χ3v) is 4.90. The number of hydrogen-bond acceptors (Lipinski definition) is 3. The van der Waals surface area contributed by atoms with Crippen molar-refractivity contribution in [1.29, 1.82) is 0 Å². The zero-order valence-electron chi connectivity index (χ0n) is 13.4. The standard InChI is InChI=1S/C17H22F2N2O2/c1-23-21-6-2-12(3-7-21)8-17(22)20-5-4-13-9-15(18)16(19)10-14(13)11-20/h9-10,12H,2-8,11H2,1H3. The van der Waals surface area contributed by atoms with Crippen LogP contribution >= 0.6 is 0 Å². The lowest BCUT2D eigenvalue weighted by Gasteiger charge is -2.33. The quantitative estimate of drug-likeness (QED) is 0.856. The lowest BCUT2D eigenvalue weighted by molar-refractivity contribution is -0.151. The van der Waals surface area contributed by atoms with E-state index in [1.807, 2.05) is 5.06 Å². The summed E-state index contributed by atoms with van der Waals surface area (Å²) in [5, 5.41) is 1.91. The summed E-state index contributed by atoms with van der Waals surface area (Å²) in [5.41, 5.74) is 1.53. The van der Waals surface area contributed by atoms with Gasteiger partial charge in [-0.3, -0.25) is 4.79 Å². The molecule has 4 nitrogen and oxygen atoms in total. The van der Waals surface area contributed by atoms with Crippen molar-refractivity contribution < 1.29 is 18.4 Å². The van der Waals surface area contributed by atoms with E-state index < -0.39 is 11.6 Å². The summed E-state index contributed by atoms with van der Waals surface area (Å²) in [6.45, 7) is 2.65. The van der Waals surface area contributed by atoms with E-state index in [2.05, 4.69) is 0 Å². The molecule has 0 atom stereocenters. The first kappa shape index (κ1) is 16.3. The fraction of sp³-hybridized carbons (Fsp3) is 0.588. The second-order valence-corrected chi connectivity index (χ2v) is 6.36. The topological polar surface area (TPSA) is 32.8 Å². The van der Waals surface area contributed by atoms with Crippen LogP contribution in [0, 0.1) is 17.6 Å². The van der Waals surface area contributed by atoms with Gasteiger partial charge < -0.3 is 9.74 Å². The summed E-state index contributed by atoms with van der Waals surface area (Å²) in [5.74, 6) is -1.17. The van der Waals surface area contributed by atoms with E-state index in [1.54, 1.807) is 12.0 Å². The lowest BCUT2D eigenvalue weighted by atomic mass is 9.93. The maximum absolute atomic E-state index is 13.4. The molecule has 23 heavy (non-hydrogen) atoms. The third-order valence-electron chi connectivity index (χ3n) is 4.90. The van der Waals surface area contributed by atoms with Gasteiger partial charge in [-0.2, -0.15) is 5.06 Å². The van der Waals surface area contributed by atoms with Gasteiger partial charge >= 0.3 is 0 Å². The Morgan fingerprint density at radius 3 is 2.48 bits per heavy atom. The van der Waals surface area contributed by atoms with Crippen molar-refractivity contribution in [1.82, 2.24) is 9.96 Å². The van der Waals surface area contributed by atoms with Crippen molar-refractivity contribution in [2.24, 2.45) is 5.92 Å². The molecule has 0 unspecified atom stereocenters. The molecule has 1 aromatic rings. The molecule has 6 heteroatoms. The van der Waals surface area contributed by atoms with Crippen LogP contribution in [-0.4, -0.2) is 42.6 Å². The monoisotopic (exact) mass is 324 g/mol. The molecule has 2 heterocycles. The van der Waals surface area contributed by atoms with Crippen LogP contribution in [0.25, 0.3) is 0 Å². The van der Waals surface area contributed by atoms with E-state index in [9.17, 15) is 13.6 Å². The first-order valence-electron chi connectivity index (χ1n) is 8.10. The van der Waals surface area contributed by atoms with Gasteiger partial charge in [-0.1, -0.05) is 0 Å². The van der Waals surface area contributed by atoms with Crippen LogP contribution in [0.4, 0.5) is 8.78 Å². The van der Waals surface area contributed by atoms with E-state index in [0.717, 1.165) is 37.1 Å². The molecular formula is C17H22F2N2O2. The highest BCUT2D eigenvalue weighted by molar-refractivity contribution is 5.76. The van der Waals surface area contributed by atoms with Crippen molar-refractivity contribution in [3.63, 3.8) is 0 Å².